The first-order chi connectivity index (χ1) is 11.1. The highest BCUT2D eigenvalue weighted by molar-refractivity contribution is 8.00. The third-order valence-corrected chi connectivity index (χ3v) is 5.49. The fraction of sp³-hybridized carbons (Fsp3) is 0.545. The van der Waals surface area contributed by atoms with Crippen LogP contribution in [-0.4, -0.2) is 48.2 Å². The van der Waals surface area contributed by atoms with E-state index >= 15 is 0 Å². The maximum absolute atomic E-state index is 11.2. The molecule has 5 N–H and O–H groups in total. The number of aromatic nitrogens is 4. The second-order valence-electron chi connectivity index (χ2n) is 5.46. The first-order valence-corrected chi connectivity index (χ1v) is 7.95. The SMILES string of the molecule is Nc1nc(SC2CCC([N+](=O)[O-])C3NONC23)c2[nH]cnc2n1. The molecule has 1 aliphatic heterocycles. The van der Waals surface area contributed by atoms with Crippen molar-refractivity contribution in [3.05, 3.63) is 16.4 Å². The maximum Gasteiger partial charge on any atom is 0.232 e. The second-order valence-corrected chi connectivity index (χ2v) is 6.69. The van der Waals surface area contributed by atoms with E-state index in [1.807, 2.05) is 0 Å². The van der Waals surface area contributed by atoms with Crippen LogP contribution in [0.5, 0.6) is 0 Å². The number of hydroxylamine groups is 2. The van der Waals surface area contributed by atoms with Crippen molar-refractivity contribution in [3.8, 4) is 0 Å². The highest BCUT2D eigenvalue weighted by Gasteiger charge is 2.49. The molecule has 23 heavy (non-hydrogen) atoms. The summed E-state index contributed by atoms with van der Waals surface area (Å²) < 4.78 is 0. The molecule has 0 spiro atoms. The molecule has 1 saturated heterocycles. The Labute approximate surface area is 133 Å². The topological polar surface area (TPSA) is 157 Å². The van der Waals surface area contributed by atoms with Gasteiger partial charge in [0, 0.05) is 16.6 Å². The Balaban J connectivity index is 1.61. The van der Waals surface area contributed by atoms with E-state index in [0.717, 1.165) is 0 Å². The van der Waals surface area contributed by atoms with Crippen LogP contribution in [0, 0.1) is 10.1 Å². The predicted octanol–water partition coefficient (Wildman–Crippen LogP) is -0.388. The van der Waals surface area contributed by atoms with E-state index in [1.165, 1.54) is 18.1 Å². The first kappa shape index (κ1) is 14.6. The molecule has 4 unspecified atom stereocenters. The number of fused-ring (bicyclic) bond motifs is 2. The number of aromatic amines is 1. The lowest BCUT2D eigenvalue weighted by Crippen LogP contribution is -2.55. The van der Waals surface area contributed by atoms with E-state index in [9.17, 15) is 10.1 Å². The van der Waals surface area contributed by atoms with E-state index in [1.54, 1.807) is 0 Å². The highest BCUT2D eigenvalue weighted by atomic mass is 32.2. The molecule has 0 bridgehead atoms. The van der Waals surface area contributed by atoms with Gasteiger partial charge >= 0.3 is 0 Å². The largest absolute Gasteiger partial charge is 0.368 e. The number of thioether (sulfide) groups is 1. The fourth-order valence-electron chi connectivity index (χ4n) is 3.06. The monoisotopic (exact) mass is 338 g/mol. The van der Waals surface area contributed by atoms with Crippen molar-refractivity contribution in [1.29, 1.82) is 0 Å². The summed E-state index contributed by atoms with van der Waals surface area (Å²) in [5.41, 5.74) is 12.5. The minimum atomic E-state index is -0.672. The number of nitrogens with one attached hydrogen (secondary N) is 3. The van der Waals surface area contributed by atoms with Crippen LogP contribution in [0.4, 0.5) is 5.95 Å². The van der Waals surface area contributed by atoms with Gasteiger partial charge in [0.25, 0.3) is 0 Å². The molecule has 4 atom stereocenters. The Bertz CT molecular complexity index is 754. The number of H-pyrrole nitrogens is 1. The number of nitro groups is 1. The molecule has 0 aromatic carbocycles. The minimum Gasteiger partial charge on any atom is -0.368 e. The van der Waals surface area contributed by atoms with Gasteiger partial charge in [-0.2, -0.15) is 15.9 Å². The molecule has 1 aliphatic carbocycles. The Morgan fingerprint density at radius 2 is 2.17 bits per heavy atom. The van der Waals surface area contributed by atoms with Gasteiger partial charge in [-0.1, -0.05) is 11.8 Å². The van der Waals surface area contributed by atoms with E-state index in [2.05, 4.69) is 30.9 Å². The van der Waals surface area contributed by atoms with Crippen LogP contribution in [0.2, 0.25) is 0 Å². The number of nitrogen functional groups attached to an aromatic ring is 1. The van der Waals surface area contributed by atoms with Gasteiger partial charge in [0.05, 0.1) is 12.4 Å². The molecule has 3 heterocycles. The average molecular weight is 338 g/mol. The van der Waals surface area contributed by atoms with Crippen LogP contribution >= 0.6 is 11.8 Å². The van der Waals surface area contributed by atoms with Crippen molar-refractivity contribution in [2.45, 2.75) is 41.2 Å². The van der Waals surface area contributed by atoms with Crippen LogP contribution in [0.25, 0.3) is 11.2 Å². The molecular formula is C11H14N8O3S. The van der Waals surface area contributed by atoms with Crippen LogP contribution in [0.15, 0.2) is 11.4 Å². The summed E-state index contributed by atoms with van der Waals surface area (Å²) in [6.45, 7) is 0. The molecule has 2 aromatic heterocycles. The molecule has 0 amide bonds. The van der Waals surface area contributed by atoms with E-state index in [-0.39, 0.29) is 28.2 Å². The van der Waals surface area contributed by atoms with Gasteiger partial charge in [0.15, 0.2) is 5.65 Å². The lowest BCUT2D eigenvalue weighted by molar-refractivity contribution is -0.530. The highest BCUT2D eigenvalue weighted by Crippen LogP contribution is 2.37. The molecule has 122 valence electrons. The summed E-state index contributed by atoms with van der Waals surface area (Å²) in [6.07, 6.45) is 2.67. The lowest BCUT2D eigenvalue weighted by Gasteiger charge is -2.32. The molecule has 2 fully saturated rings. The third-order valence-electron chi connectivity index (χ3n) is 4.14. The molecule has 11 nitrogen and oxygen atoms in total. The van der Waals surface area contributed by atoms with Crippen LogP contribution in [0.3, 0.4) is 0 Å². The van der Waals surface area contributed by atoms with Gasteiger partial charge in [-0.25, -0.2) is 14.9 Å². The van der Waals surface area contributed by atoms with Gasteiger partial charge < -0.3 is 10.7 Å². The van der Waals surface area contributed by atoms with Gasteiger partial charge in [-0.3, -0.25) is 10.1 Å². The summed E-state index contributed by atoms with van der Waals surface area (Å²) >= 11 is 1.50. The normalized spacial score (nSPS) is 30.4. The number of anilines is 1. The predicted molar refractivity (Wildman–Crippen MR) is 80.7 cm³/mol. The zero-order chi connectivity index (χ0) is 16.0. The van der Waals surface area contributed by atoms with Gasteiger partial charge in [0.2, 0.25) is 12.0 Å². The smallest absolute Gasteiger partial charge is 0.232 e. The maximum atomic E-state index is 11.2. The summed E-state index contributed by atoms with van der Waals surface area (Å²) in [6, 6.07) is -1.25. The molecule has 1 saturated carbocycles. The van der Waals surface area contributed by atoms with E-state index in [4.69, 9.17) is 10.7 Å². The molecule has 2 aromatic rings. The standard InChI is InChI=1S/C11H14N8O3S/c12-11-15-9-8(13-3-14-9)10(16-11)23-5-2-1-4(19(20)21)6-7(5)18-22-17-6/h3-7,17-18H,1-2H2,(H3,12,13,14,15,16). The van der Waals surface area contributed by atoms with Crippen LogP contribution in [-0.2, 0) is 4.94 Å². The fourth-order valence-corrected chi connectivity index (χ4v) is 4.38. The lowest BCUT2D eigenvalue weighted by atomic mass is 9.87. The van der Waals surface area contributed by atoms with E-state index < -0.39 is 6.04 Å². The molecular weight excluding hydrogens is 324 g/mol. The molecule has 12 heteroatoms. The average Bonchev–Trinajstić information content (AvgIpc) is 3.15. The summed E-state index contributed by atoms with van der Waals surface area (Å²) in [5.74, 6) is 0.149. The number of hydrogen-bond donors (Lipinski definition) is 4. The zero-order valence-electron chi connectivity index (χ0n) is 11.8. The van der Waals surface area contributed by atoms with E-state index in [0.29, 0.717) is 29.0 Å². The summed E-state index contributed by atoms with van der Waals surface area (Å²) in [5, 5.41) is 11.9. The number of rotatable bonds is 3. The quantitative estimate of drug-likeness (QED) is 0.330. The van der Waals surface area contributed by atoms with Gasteiger partial charge in [-0.05, 0) is 6.42 Å². The Hall–Kier alpha value is -2.02. The van der Waals surface area contributed by atoms with Crippen molar-refractivity contribution in [2.75, 3.05) is 5.73 Å². The van der Waals surface area contributed by atoms with Crippen molar-refractivity contribution in [3.63, 3.8) is 0 Å². The van der Waals surface area contributed by atoms with Crippen molar-refractivity contribution in [2.24, 2.45) is 0 Å². The second kappa shape index (κ2) is 5.56. The van der Waals surface area contributed by atoms with Crippen LogP contribution in [0.1, 0.15) is 12.8 Å². The summed E-state index contributed by atoms with van der Waals surface area (Å²) in [4.78, 5) is 31.4. The Morgan fingerprint density at radius 1 is 1.35 bits per heavy atom. The van der Waals surface area contributed by atoms with Crippen molar-refractivity contribution < 1.29 is 9.86 Å². The van der Waals surface area contributed by atoms with Crippen LogP contribution < -0.4 is 16.7 Å². The number of nitrogens with two attached hydrogens (primary N) is 1. The minimum absolute atomic E-state index is 0.0481. The Kier molecular flexibility index (Phi) is 3.52. The molecule has 4 rings (SSSR count). The third kappa shape index (κ3) is 2.49. The number of imidazole rings is 1. The van der Waals surface area contributed by atoms with Gasteiger partial charge in [-0.15, -0.1) is 0 Å². The Morgan fingerprint density at radius 3 is 3.00 bits per heavy atom. The number of nitrogens with zero attached hydrogens (tertiary/aromatic N) is 4. The van der Waals surface area contributed by atoms with Crippen molar-refractivity contribution in [1.82, 2.24) is 30.9 Å². The zero-order valence-corrected chi connectivity index (χ0v) is 12.6. The first-order valence-electron chi connectivity index (χ1n) is 7.07. The molecule has 2 aliphatic rings. The number of hydrogen-bond acceptors (Lipinski definition) is 10. The van der Waals surface area contributed by atoms with Gasteiger partial charge in [0.1, 0.15) is 16.6 Å². The molecule has 0 radical (unpaired) electrons. The van der Waals surface area contributed by atoms with Crippen molar-refractivity contribution >= 4 is 28.9 Å². The summed E-state index contributed by atoms with van der Waals surface area (Å²) in [7, 11) is 0.